The second-order valence-electron chi connectivity index (χ2n) is 11.2. The second kappa shape index (κ2) is 10.9. The van der Waals surface area contributed by atoms with E-state index in [4.69, 9.17) is 9.47 Å². The van der Waals surface area contributed by atoms with Crippen molar-refractivity contribution in [3.63, 3.8) is 0 Å². The Morgan fingerprint density at radius 3 is 2.38 bits per heavy atom. The van der Waals surface area contributed by atoms with Gasteiger partial charge in [0.05, 0.1) is 28.9 Å². The van der Waals surface area contributed by atoms with Crippen molar-refractivity contribution >= 4 is 38.2 Å². The number of anilines is 2. The Morgan fingerprint density at radius 1 is 1.07 bits per heavy atom. The number of nitrogens with one attached hydrogen (secondary N) is 2. The molecule has 0 atom stereocenters. The van der Waals surface area contributed by atoms with Gasteiger partial charge in [0.2, 0.25) is 0 Å². The number of carbonyl (C=O) groups is 1. The lowest BCUT2D eigenvalue weighted by Crippen LogP contribution is -2.29. The third kappa shape index (κ3) is 7.21. The second-order valence-corrected chi connectivity index (χ2v) is 13.3. The van der Waals surface area contributed by atoms with E-state index in [0.29, 0.717) is 34.6 Å². The standard InChI is InChI=1S/C28H34F3N3O5S/c1-27(2,3)39-26(35)33-23-12-19(13-24-21(23)8-9-34(24)16-28(29,30)31)18-10-17(11-18)15-32-22-7-6-20(40(5,36)37)14-25(22)38-4/h6-9,12-14,17-18,32H,10-11,15-16H2,1-5H3,(H,33,35). The van der Waals surface area contributed by atoms with Crippen LogP contribution >= 0.6 is 0 Å². The molecule has 0 saturated heterocycles. The van der Waals surface area contributed by atoms with Crippen LogP contribution in [0, 0.1) is 5.92 Å². The van der Waals surface area contributed by atoms with E-state index in [9.17, 15) is 26.4 Å². The third-order valence-electron chi connectivity index (χ3n) is 6.79. The van der Waals surface area contributed by atoms with Gasteiger partial charge in [-0.25, -0.2) is 13.2 Å². The Balaban J connectivity index is 1.51. The average molecular weight is 582 g/mol. The van der Waals surface area contributed by atoms with E-state index in [1.165, 1.54) is 25.4 Å². The Morgan fingerprint density at radius 2 is 1.77 bits per heavy atom. The number of sulfone groups is 1. The number of halogens is 3. The van der Waals surface area contributed by atoms with E-state index in [-0.39, 0.29) is 16.7 Å². The quantitative estimate of drug-likeness (QED) is 0.312. The average Bonchev–Trinajstić information content (AvgIpc) is 3.17. The van der Waals surface area contributed by atoms with Gasteiger partial charge < -0.3 is 19.4 Å². The van der Waals surface area contributed by atoms with Crippen LogP contribution in [0.15, 0.2) is 47.5 Å². The maximum absolute atomic E-state index is 13.2. The van der Waals surface area contributed by atoms with Crippen LogP contribution in [0.25, 0.3) is 10.9 Å². The highest BCUT2D eigenvalue weighted by Gasteiger charge is 2.33. The lowest BCUT2D eigenvalue weighted by Gasteiger charge is -2.36. The van der Waals surface area contributed by atoms with Crippen molar-refractivity contribution in [2.75, 3.05) is 30.5 Å². The van der Waals surface area contributed by atoms with Crippen molar-refractivity contribution in [2.24, 2.45) is 5.92 Å². The number of aromatic nitrogens is 1. The van der Waals surface area contributed by atoms with E-state index in [1.54, 1.807) is 39.0 Å². The first-order chi connectivity index (χ1) is 18.5. The Hall–Kier alpha value is -3.41. The minimum absolute atomic E-state index is 0.0964. The molecule has 4 rings (SSSR count). The van der Waals surface area contributed by atoms with Crippen molar-refractivity contribution in [3.05, 3.63) is 48.2 Å². The zero-order valence-corrected chi connectivity index (χ0v) is 23.9. The Bertz CT molecular complexity index is 1500. The molecular weight excluding hydrogens is 547 g/mol. The van der Waals surface area contributed by atoms with Crippen molar-refractivity contribution in [3.8, 4) is 5.75 Å². The van der Waals surface area contributed by atoms with Gasteiger partial charge in [0.25, 0.3) is 0 Å². The van der Waals surface area contributed by atoms with Gasteiger partial charge in [0.1, 0.15) is 17.9 Å². The van der Waals surface area contributed by atoms with Gasteiger partial charge in [-0.15, -0.1) is 0 Å². The third-order valence-corrected chi connectivity index (χ3v) is 7.90. The number of carbonyl (C=O) groups excluding carboxylic acids is 1. The maximum Gasteiger partial charge on any atom is 0.412 e. The molecule has 0 bridgehead atoms. The predicted molar refractivity (Wildman–Crippen MR) is 148 cm³/mol. The van der Waals surface area contributed by atoms with E-state index in [0.717, 1.165) is 29.2 Å². The summed E-state index contributed by atoms with van der Waals surface area (Å²) >= 11 is 0. The van der Waals surface area contributed by atoms with E-state index in [2.05, 4.69) is 10.6 Å². The fourth-order valence-corrected chi connectivity index (χ4v) is 5.51. The smallest absolute Gasteiger partial charge is 0.412 e. The summed E-state index contributed by atoms with van der Waals surface area (Å²) in [5.74, 6) is 0.802. The van der Waals surface area contributed by atoms with Crippen molar-refractivity contribution in [1.29, 1.82) is 0 Å². The van der Waals surface area contributed by atoms with Crippen LogP contribution < -0.4 is 15.4 Å². The van der Waals surface area contributed by atoms with E-state index in [1.807, 2.05) is 6.07 Å². The van der Waals surface area contributed by atoms with Gasteiger partial charge in [0, 0.05) is 30.4 Å². The van der Waals surface area contributed by atoms with Crippen molar-refractivity contribution in [2.45, 2.75) is 62.7 Å². The molecule has 12 heteroatoms. The molecular formula is C28H34F3N3O5S. The SMILES string of the molecule is COc1cc(S(C)(=O)=O)ccc1NCC1CC(c2cc(NC(=O)OC(C)(C)C)c3ccn(CC(F)(F)F)c3c2)C1. The summed E-state index contributed by atoms with van der Waals surface area (Å²) in [6, 6.07) is 9.81. The molecule has 3 aromatic rings. The topological polar surface area (TPSA) is 98.7 Å². The summed E-state index contributed by atoms with van der Waals surface area (Å²) in [4.78, 5) is 12.7. The van der Waals surface area contributed by atoms with E-state index < -0.39 is 34.3 Å². The van der Waals surface area contributed by atoms with Crippen LogP contribution in [-0.2, 0) is 21.1 Å². The lowest BCUT2D eigenvalue weighted by molar-refractivity contribution is -0.139. The van der Waals surface area contributed by atoms with Gasteiger partial charge in [-0.3, -0.25) is 5.32 Å². The number of nitrogens with zero attached hydrogens (tertiary/aromatic N) is 1. The molecule has 1 aromatic heterocycles. The van der Waals surface area contributed by atoms with E-state index >= 15 is 0 Å². The van der Waals surface area contributed by atoms with Crippen molar-refractivity contribution < 1.29 is 35.9 Å². The molecule has 0 aliphatic heterocycles. The first-order valence-electron chi connectivity index (χ1n) is 12.8. The van der Waals surface area contributed by atoms with Crippen LogP contribution in [-0.4, -0.2) is 50.8 Å². The molecule has 0 spiro atoms. The molecule has 1 amide bonds. The molecule has 2 aromatic carbocycles. The molecule has 218 valence electrons. The largest absolute Gasteiger partial charge is 0.495 e. The molecule has 2 N–H and O–H groups in total. The molecule has 1 fully saturated rings. The van der Waals surface area contributed by atoms with Crippen LogP contribution in [0.2, 0.25) is 0 Å². The van der Waals surface area contributed by atoms with Gasteiger partial charge in [0.15, 0.2) is 9.84 Å². The number of fused-ring (bicyclic) bond motifs is 1. The lowest BCUT2D eigenvalue weighted by atomic mass is 9.71. The molecule has 1 aliphatic rings. The maximum atomic E-state index is 13.2. The normalized spacial score (nSPS) is 17.8. The number of ether oxygens (including phenoxy) is 2. The minimum atomic E-state index is -4.39. The first kappa shape index (κ1) is 29.6. The van der Waals surface area contributed by atoms with Gasteiger partial charge in [-0.05, 0) is 81.3 Å². The summed E-state index contributed by atoms with van der Waals surface area (Å²) in [5.41, 5.74) is 1.57. The number of rotatable bonds is 8. The number of alkyl halides is 3. The zero-order chi connectivity index (χ0) is 29.5. The predicted octanol–water partition coefficient (Wildman–Crippen LogP) is 6.57. The molecule has 8 nitrogen and oxygen atoms in total. The zero-order valence-electron chi connectivity index (χ0n) is 23.1. The molecule has 0 radical (unpaired) electrons. The minimum Gasteiger partial charge on any atom is -0.495 e. The van der Waals surface area contributed by atoms with Gasteiger partial charge >= 0.3 is 12.3 Å². The summed E-state index contributed by atoms with van der Waals surface area (Å²) < 4.78 is 75.2. The Kier molecular flexibility index (Phi) is 8.04. The molecule has 40 heavy (non-hydrogen) atoms. The molecule has 1 aliphatic carbocycles. The fraction of sp³-hybridized carbons (Fsp3) is 0.464. The number of methoxy groups -OCH3 is 1. The first-order valence-corrected chi connectivity index (χ1v) is 14.7. The summed E-state index contributed by atoms with van der Waals surface area (Å²) in [7, 11) is -1.89. The number of hydrogen-bond donors (Lipinski definition) is 2. The number of hydrogen-bond acceptors (Lipinski definition) is 6. The number of amides is 1. The fourth-order valence-electron chi connectivity index (χ4n) is 4.88. The Labute approximate surface area is 231 Å². The van der Waals surface area contributed by atoms with Crippen LogP contribution in [0.1, 0.15) is 45.1 Å². The van der Waals surface area contributed by atoms with Crippen LogP contribution in [0.3, 0.4) is 0 Å². The highest BCUT2D eigenvalue weighted by atomic mass is 32.2. The molecule has 1 heterocycles. The monoisotopic (exact) mass is 581 g/mol. The summed E-state index contributed by atoms with van der Waals surface area (Å²) in [6.07, 6.45) is -0.995. The van der Waals surface area contributed by atoms with Crippen LogP contribution in [0.4, 0.5) is 29.3 Å². The van der Waals surface area contributed by atoms with Crippen molar-refractivity contribution in [1.82, 2.24) is 4.57 Å². The summed E-state index contributed by atoms with van der Waals surface area (Å²) in [6.45, 7) is 4.67. The molecule has 0 unspecified atom stereocenters. The van der Waals surface area contributed by atoms with Gasteiger partial charge in [-0.2, -0.15) is 13.2 Å². The van der Waals surface area contributed by atoms with Crippen LogP contribution in [0.5, 0.6) is 5.75 Å². The highest BCUT2D eigenvalue weighted by molar-refractivity contribution is 7.90. The molecule has 1 saturated carbocycles. The van der Waals surface area contributed by atoms with Gasteiger partial charge in [-0.1, -0.05) is 0 Å². The number of benzene rings is 2. The highest BCUT2D eigenvalue weighted by Crippen LogP contribution is 2.44. The summed E-state index contributed by atoms with van der Waals surface area (Å²) in [5, 5.41) is 6.54.